The van der Waals surface area contributed by atoms with Crippen LogP contribution in [-0.2, 0) is 19.6 Å². The molecule has 1 aromatic carbocycles. The van der Waals surface area contributed by atoms with E-state index < -0.39 is 39.4 Å². The van der Waals surface area contributed by atoms with Crippen molar-refractivity contribution in [2.75, 3.05) is 25.0 Å². The van der Waals surface area contributed by atoms with Gasteiger partial charge in [-0.25, -0.2) is 17.2 Å². The molecule has 11 heteroatoms. The Bertz CT molecular complexity index is 1060. The first-order chi connectivity index (χ1) is 14.2. The highest BCUT2D eigenvalue weighted by atomic mass is 32.2. The molecule has 0 radical (unpaired) electrons. The van der Waals surface area contributed by atoms with E-state index in [9.17, 15) is 26.8 Å². The Morgan fingerprint density at radius 3 is 2.63 bits per heavy atom. The summed E-state index contributed by atoms with van der Waals surface area (Å²) in [7, 11) is -3.66. The highest BCUT2D eigenvalue weighted by Crippen LogP contribution is 2.28. The van der Waals surface area contributed by atoms with Crippen LogP contribution in [0.5, 0.6) is 0 Å². The number of thiophene rings is 1. The first kappa shape index (κ1) is 22.3. The van der Waals surface area contributed by atoms with E-state index in [0.717, 1.165) is 17.0 Å². The Hall–Kier alpha value is -2.37. The van der Waals surface area contributed by atoms with Gasteiger partial charge < -0.3 is 10.6 Å². The predicted molar refractivity (Wildman–Crippen MR) is 109 cm³/mol. The third-order valence-electron chi connectivity index (χ3n) is 4.69. The first-order valence-corrected chi connectivity index (χ1v) is 11.5. The molecule has 162 valence electrons. The molecule has 3 rings (SSSR count). The summed E-state index contributed by atoms with van der Waals surface area (Å²) >= 11 is 1.18. The van der Waals surface area contributed by atoms with Crippen LogP contribution in [0, 0.1) is 24.5 Å². The van der Waals surface area contributed by atoms with Gasteiger partial charge in [0.25, 0.3) is 10.0 Å². The number of nitrogens with one attached hydrogen (secondary N) is 2. The average Bonchev–Trinajstić information content (AvgIpc) is 3.16. The molecule has 1 aliphatic heterocycles. The van der Waals surface area contributed by atoms with Crippen LogP contribution in [0.3, 0.4) is 0 Å². The van der Waals surface area contributed by atoms with Crippen molar-refractivity contribution in [2.45, 2.75) is 24.0 Å². The molecule has 0 spiro atoms. The van der Waals surface area contributed by atoms with Crippen molar-refractivity contribution in [1.29, 1.82) is 0 Å². The number of nitrogens with zero attached hydrogens (tertiary/aromatic N) is 1. The van der Waals surface area contributed by atoms with Gasteiger partial charge in [0.15, 0.2) is 11.6 Å². The maximum absolute atomic E-state index is 13.2. The van der Waals surface area contributed by atoms with Crippen molar-refractivity contribution >= 4 is 38.9 Å². The van der Waals surface area contributed by atoms with E-state index in [0.29, 0.717) is 19.4 Å². The minimum Gasteiger partial charge on any atom is -0.347 e. The van der Waals surface area contributed by atoms with Crippen LogP contribution < -0.4 is 10.6 Å². The van der Waals surface area contributed by atoms with Crippen molar-refractivity contribution in [1.82, 2.24) is 9.62 Å². The Morgan fingerprint density at radius 2 is 1.97 bits per heavy atom. The molecule has 1 unspecified atom stereocenters. The number of amides is 2. The van der Waals surface area contributed by atoms with Crippen molar-refractivity contribution in [3.8, 4) is 0 Å². The summed E-state index contributed by atoms with van der Waals surface area (Å²) in [6.45, 7) is 1.82. The Morgan fingerprint density at radius 1 is 1.20 bits per heavy atom. The number of anilines is 1. The third kappa shape index (κ3) is 5.21. The number of hydrogen-bond donors (Lipinski definition) is 2. The van der Waals surface area contributed by atoms with Crippen LogP contribution in [0.2, 0.25) is 0 Å². The van der Waals surface area contributed by atoms with E-state index in [1.165, 1.54) is 21.7 Å². The van der Waals surface area contributed by atoms with E-state index in [4.69, 9.17) is 0 Å². The highest BCUT2D eigenvalue weighted by molar-refractivity contribution is 7.91. The number of hydrogen-bond acceptors (Lipinski definition) is 5. The summed E-state index contributed by atoms with van der Waals surface area (Å²) in [6.07, 6.45) is 1.04. The Balaban J connectivity index is 1.55. The SMILES string of the molecule is Cc1ccc(S(=O)(=O)N2CCCC(C(=O)NCC(=O)Nc3ccc(F)c(F)c3)C2)s1. The van der Waals surface area contributed by atoms with Crippen LogP contribution in [0.15, 0.2) is 34.5 Å². The second-order valence-corrected chi connectivity index (χ2v) is 10.4. The second-order valence-electron chi connectivity index (χ2n) is 6.96. The van der Waals surface area contributed by atoms with Crippen LogP contribution in [0.4, 0.5) is 14.5 Å². The number of sulfonamides is 1. The van der Waals surface area contributed by atoms with E-state index in [2.05, 4.69) is 10.6 Å². The molecule has 1 atom stereocenters. The molecule has 2 N–H and O–H groups in total. The number of carbonyl (C=O) groups excluding carboxylic acids is 2. The van der Waals surface area contributed by atoms with Crippen LogP contribution in [0.1, 0.15) is 17.7 Å². The molecule has 30 heavy (non-hydrogen) atoms. The van der Waals surface area contributed by atoms with Crippen LogP contribution >= 0.6 is 11.3 Å². The molecule has 2 heterocycles. The van der Waals surface area contributed by atoms with Gasteiger partial charge >= 0.3 is 0 Å². The number of benzene rings is 1. The van der Waals surface area contributed by atoms with Gasteiger partial charge in [0.2, 0.25) is 11.8 Å². The summed E-state index contributed by atoms with van der Waals surface area (Å²) in [5.74, 6) is -3.75. The molecule has 1 fully saturated rings. The quantitative estimate of drug-likeness (QED) is 0.697. The van der Waals surface area contributed by atoms with Gasteiger partial charge in [0.05, 0.1) is 12.5 Å². The predicted octanol–water partition coefficient (Wildman–Crippen LogP) is 2.49. The highest BCUT2D eigenvalue weighted by Gasteiger charge is 2.34. The number of aryl methyl sites for hydroxylation is 1. The minimum absolute atomic E-state index is 0.0376. The van der Waals surface area contributed by atoms with Gasteiger partial charge in [-0.05, 0) is 44.0 Å². The number of carbonyl (C=O) groups is 2. The minimum atomic E-state index is -3.66. The van der Waals surface area contributed by atoms with Gasteiger partial charge in [-0.2, -0.15) is 4.31 Å². The van der Waals surface area contributed by atoms with E-state index in [-0.39, 0.29) is 23.0 Å². The molecule has 2 amide bonds. The molecule has 1 saturated heterocycles. The second kappa shape index (κ2) is 9.19. The van der Waals surface area contributed by atoms with E-state index in [1.807, 2.05) is 6.92 Å². The normalized spacial score (nSPS) is 17.5. The third-order valence-corrected chi connectivity index (χ3v) is 8.02. The number of rotatable bonds is 6. The zero-order valence-corrected chi connectivity index (χ0v) is 17.8. The molecular weight excluding hydrogens is 436 g/mol. The van der Waals surface area contributed by atoms with Gasteiger partial charge in [0, 0.05) is 29.7 Å². The molecular formula is C19H21F2N3O4S2. The summed E-state index contributed by atoms with van der Waals surface area (Å²) < 4.78 is 53.2. The fraction of sp³-hybridized carbons (Fsp3) is 0.368. The van der Waals surface area contributed by atoms with Gasteiger partial charge in [-0.15, -0.1) is 11.3 Å². The molecule has 0 aliphatic carbocycles. The fourth-order valence-electron chi connectivity index (χ4n) is 3.14. The summed E-state index contributed by atoms with van der Waals surface area (Å²) in [5, 5.41) is 4.84. The standard InChI is InChI=1S/C19H21F2N3O4S2/c1-12-4-7-18(29-12)30(27,28)24-8-2-3-13(11-24)19(26)22-10-17(25)23-14-5-6-15(20)16(21)9-14/h4-7,9,13H,2-3,8,10-11H2,1H3,(H,22,26)(H,23,25). The lowest BCUT2D eigenvalue weighted by molar-refractivity contribution is -0.128. The first-order valence-electron chi connectivity index (χ1n) is 9.26. The lowest BCUT2D eigenvalue weighted by atomic mass is 9.99. The molecule has 1 aliphatic rings. The monoisotopic (exact) mass is 457 g/mol. The summed E-state index contributed by atoms with van der Waals surface area (Å²) in [4.78, 5) is 25.3. The van der Waals surface area contributed by atoms with Crippen molar-refractivity contribution in [3.05, 3.63) is 46.8 Å². The average molecular weight is 458 g/mol. The fourth-order valence-corrected chi connectivity index (χ4v) is 6.10. The van der Waals surface area contributed by atoms with E-state index in [1.54, 1.807) is 12.1 Å². The molecule has 1 aromatic heterocycles. The van der Waals surface area contributed by atoms with Crippen LogP contribution in [-0.4, -0.2) is 44.2 Å². The van der Waals surface area contributed by atoms with Gasteiger partial charge in [-0.3, -0.25) is 9.59 Å². The van der Waals surface area contributed by atoms with E-state index >= 15 is 0 Å². The zero-order valence-electron chi connectivity index (χ0n) is 16.2. The van der Waals surface area contributed by atoms with Gasteiger partial charge in [0.1, 0.15) is 4.21 Å². The molecule has 0 bridgehead atoms. The van der Waals surface area contributed by atoms with Crippen molar-refractivity contribution in [3.63, 3.8) is 0 Å². The summed E-state index contributed by atoms with van der Waals surface area (Å²) in [6, 6.07) is 6.22. The lowest BCUT2D eigenvalue weighted by Crippen LogP contribution is -2.46. The largest absolute Gasteiger partial charge is 0.347 e. The van der Waals surface area contributed by atoms with Gasteiger partial charge in [-0.1, -0.05) is 0 Å². The maximum atomic E-state index is 13.2. The summed E-state index contributed by atoms with van der Waals surface area (Å²) in [5.41, 5.74) is 0.0642. The molecule has 2 aromatic rings. The molecule has 0 saturated carbocycles. The Labute approximate surface area is 177 Å². The molecule has 7 nitrogen and oxygen atoms in total. The van der Waals surface area contributed by atoms with Crippen molar-refractivity contribution in [2.24, 2.45) is 5.92 Å². The van der Waals surface area contributed by atoms with Crippen molar-refractivity contribution < 1.29 is 26.8 Å². The maximum Gasteiger partial charge on any atom is 0.252 e. The smallest absolute Gasteiger partial charge is 0.252 e. The number of halogens is 2. The topological polar surface area (TPSA) is 95.6 Å². The lowest BCUT2D eigenvalue weighted by Gasteiger charge is -2.30. The Kier molecular flexibility index (Phi) is 6.84. The number of piperidine rings is 1. The van der Waals surface area contributed by atoms with Crippen LogP contribution in [0.25, 0.3) is 0 Å². The zero-order chi connectivity index (χ0) is 21.9.